The molecule has 1 heterocycles. The van der Waals surface area contributed by atoms with Crippen LogP contribution in [0.1, 0.15) is 16.9 Å². The van der Waals surface area contributed by atoms with Crippen LogP contribution in [0.25, 0.3) is 17.4 Å². The first-order valence-corrected chi connectivity index (χ1v) is 6.64. The van der Waals surface area contributed by atoms with E-state index in [0.29, 0.717) is 12.1 Å². The maximum Gasteiger partial charge on any atom is 0.416 e. The van der Waals surface area contributed by atoms with Crippen molar-refractivity contribution in [2.45, 2.75) is 12.4 Å². The number of carboxylic acid groups (broad SMARTS) is 1. The molecule has 2 aromatic rings. The Morgan fingerprint density at radius 1 is 1.04 bits per heavy atom. The van der Waals surface area contributed by atoms with Crippen LogP contribution in [0.4, 0.5) is 26.3 Å². The lowest BCUT2D eigenvalue weighted by Crippen LogP contribution is -2.23. The second kappa shape index (κ2) is 6.59. The Morgan fingerprint density at radius 2 is 1.58 bits per heavy atom. The molecule has 0 aliphatic heterocycles. The summed E-state index contributed by atoms with van der Waals surface area (Å²) in [4.78, 5) is 10.6. The molecule has 0 atom stereocenters. The van der Waals surface area contributed by atoms with Crippen LogP contribution in [-0.4, -0.2) is 5.97 Å². The van der Waals surface area contributed by atoms with Crippen molar-refractivity contribution in [3.05, 3.63) is 52.8 Å². The van der Waals surface area contributed by atoms with E-state index in [2.05, 4.69) is 0 Å². The molecule has 0 amide bonds. The van der Waals surface area contributed by atoms with Crippen LogP contribution in [-0.2, 0) is 17.1 Å². The number of carboxylic acids is 1. The lowest BCUT2D eigenvalue weighted by molar-refractivity contribution is -0.298. The summed E-state index contributed by atoms with van der Waals surface area (Å²) < 4.78 is 82.1. The van der Waals surface area contributed by atoms with Gasteiger partial charge in [-0.3, -0.25) is 0 Å². The molecule has 0 spiro atoms. The van der Waals surface area contributed by atoms with Crippen molar-refractivity contribution in [3.8, 4) is 17.4 Å². The molecule has 4 nitrogen and oxygen atoms in total. The summed E-state index contributed by atoms with van der Waals surface area (Å²) in [5.74, 6) is -2.45. The minimum absolute atomic E-state index is 0.0306. The molecule has 10 heteroatoms. The third kappa shape index (κ3) is 4.24. The fourth-order valence-electron chi connectivity index (χ4n) is 1.96. The van der Waals surface area contributed by atoms with Gasteiger partial charge in [0.2, 0.25) is 0 Å². The van der Waals surface area contributed by atoms with E-state index in [1.165, 1.54) is 6.07 Å². The van der Waals surface area contributed by atoms with E-state index in [1.807, 2.05) is 0 Å². The monoisotopic (exact) mass is 374 g/mol. The van der Waals surface area contributed by atoms with Gasteiger partial charge in [-0.1, -0.05) is 0 Å². The van der Waals surface area contributed by atoms with Crippen LogP contribution in [0.15, 0.2) is 40.3 Å². The molecular formula is C16H6F6NO3-. The third-order valence-electron chi connectivity index (χ3n) is 3.13. The summed E-state index contributed by atoms with van der Waals surface area (Å²) in [6.45, 7) is 0. The highest BCUT2D eigenvalue weighted by atomic mass is 19.4. The Bertz CT molecular complexity index is 883. The predicted octanol–water partition coefficient (Wildman–Crippen LogP) is 3.64. The van der Waals surface area contributed by atoms with Gasteiger partial charge in [0.05, 0.1) is 22.7 Å². The molecule has 2 rings (SSSR count). The van der Waals surface area contributed by atoms with Gasteiger partial charge in [0.15, 0.2) is 0 Å². The molecule has 0 saturated heterocycles. The van der Waals surface area contributed by atoms with E-state index >= 15 is 0 Å². The molecule has 0 aliphatic rings. The SMILES string of the molecule is N#CC(=Cc1ccc(-c2cc(C(F)(F)F)cc(C(F)(F)F)c2)o1)C(=O)[O-]. The van der Waals surface area contributed by atoms with Gasteiger partial charge in [0, 0.05) is 11.6 Å². The molecule has 26 heavy (non-hydrogen) atoms. The molecule has 0 N–H and O–H groups in total. The number of halogens is 6. The summed E-state index contributed by atoms with van der Waals surface area (Å²) >= 11 is 0. The summed E-state index contributed by atoms with van der Waals surface area (Å²) in [5, 5.41) is 19.2. The molecule has 0 radical (unpaired) electrons. The average Bonchev–Trinajstić information content (AvgIpc) is 2.98. The van der Waals surface area contributed by atoms with E-state index in [-0.39, 0.29) is 17.6 Å². The molecule has 1 aromatic heterocycles. The van der Waals surface area contributed by atoms with E-state index < -0.39 is 40.6 Å². The topological polar surface area (TPSA) is 77.1 Å². The van der Waals surface area contributed by atoms with Crippen molar-refractivity contribution in [3.63, 3.8) is 0 Å². The number of nitrogens with zero attached hydrogens (tertiary/aromatic N) is 1. The summed E-state index contributed by atoms with van der Waals surface area (Å²) in [6.07, 6.45) is -9.31. The number of hydrogen-bond donors (Lipinski definition) is 0. The van der Waals surface area contributed by atoms with Crippen molar-refractivity contribution in [2.24, 2.45) is 0 Å². The van der Waals surface area contributed by atoms with Crippen LogP contribution < -0.4 is 5.11 Å². The highest BCUT2D eigenvalue weighted by Gasteiger charge is 2.37. The van der Waals surface area contributed by atoms with E-state index in [1.54, 1.807) is 0 Å². The number of alkyl halides is 6. The zero-order valence-electron chi connectivity index (χ0n) is 12.4. The quantitative estimate of drug-likeness (QED) is 0.467. The molecule has 136 valence electrons. The number of rotatable bonds is 3. The van der Waals surface area contributed by atoms with Crippen molar-refractivity contribution >= 4 is 12.0 Å². The Labute approximate surface area is 141 Å². The minimum atomic E-state index is -5.02. The van der Waals surface area contributed by atoms with Crippen molar-refractivity contribution in [2.75, 3.05) is 0 Å². The lowest BCUT2D eigenvalue weighted by atomic mass is 10.0. The van der Waals surface area contributed by atoms with Crippen molar-refractivity contribution < 1.29 is 40.7 Å². The maximum absolute atomic E-state index is 12.8. The van der Waals surface area contributed by atoms with E-state index in [9.17, 15) is 36.2 Å². The van der Waals surface area contributed by atoms with E-state index in [0.717, 1.165) is 18.2 Å². The largest absolute Gasteiger partial charge is 0.544 e. The zero-order chi connectivity index (χ0) is 19.7. The molecule has 0 fully saturated rings. The number of benzene rings is 1. The Balaban J connectivity index is 2.56. The lowest BCUT2D eigenvalue weighted by Gasteiger charge is -2.13. The normalized spacial score (nSPS) is 12.7. The molecule has 1 aromatic carbocycles. The number of nitriles is 1. The predicted molar refractivity (Wildman–Crippen MR) is 72.7 cm³/mol. The van der Waals surface area contributed by atoms with Gasteiger partial charge in [-0.25, -0.2) is 0 Å². The first kappa shape index (κ1) is 19.1. The number of aliphatic carboxylic acids is 1. The number of furan rings is 1. The zero-order valence-corrected chi connectivity index (χ0v) is 12.4. The van der Waals surface area contributed by atoms with Gasteiger partial charge in [0.25, 0.3) is 0 Å². The Kier molecular flexibility index (Phi) is 4.84. The number of carbonyl (C=O) groups excluding carboxylic acids is 1. The minimum Gasteiger partial charge on any atom is -0.544 e. The fourth-order valence-corrected chi connectivity index (χ4v) is 1.96. The summed E-state index contributed by atoms with van der Waals surface area (Å²) in [6, 6.07) is 4.33. The highest BCUT2D eigenvalue weighted by molar-refractivity contribution is 5.94. The van der Waals surface area contributed by atoms with Gasteiger partial charge < -0.3 is 14.3 Å². The molecule has 0 unspecified atom stereocenters. The number of carbonyl (C=O) groups is 1. The van der Waals surface area contributed by atoms with Gasteiger partial charge in [0.1, 0.15) is 17.6 Å². The Morgan fingerprint density at radius 3 is 2.00 bits per heavy atom. The van der Waals surface area contributed by atoms with Crippen LogP contribution in [0.2, 0.25) is 0 Å². The van der Waals surface area contributed by atoms with Gasteiger partial charge in [-0.2, -0.15) is 31.6 Å². The van der Waals surface area contributed by atoms with Gasteiger partial charge in [-0.05, 0) is 30.3 Å². The molecule has 0 bridgehead atoms. The summed E-state index contributed by atoms with van der Waals surface area (Å²) in [7, 11) is 0. The van der Waals surface area contributed by atoms with Crippen molar-refractivity contribution in [1.82, 2.24) is 0 Å². The molecule has 0 saturated carbocycles. The molecule has 0 aliphatic carbocycles. The first-order valence-electron chi connectivity index (χ1n) is 6.64. The van der Waals surface area contributed by atoms with E-state index in [4.69, 9.17) is 9.68 Å². The smallest absolute Gasteiger partial charge is 0.416 e. The van der Waals surface area contributed by atoms with Crippen LogP contribution in [0.3, 0.4) is 0 Å². The van der Waals surface area contributed by atoms with Gasteiger partial charge >= 0.3 is 12.4 Å². The van der Waals surface area contributed by atoms with Crippen molar-refractivity contribution in [1.29, 1.82) is 5.26 Å². The van der Waals surface area contributed by atoms with Gasteiger partial charge in [-0.15, -0.1) is 0 Å². The standard InChI is InChI=1S/C16H7F6NO3/c17-15(18,19)10-3-8(4-11(6-10)16(20,21)22)13-2-1-12(26-13)5-9(7-23)14(24)25/h1-6H,(H,24,25)/p-1. The number of hydrogen-bond acceptors (Lipinski definition) is 4. The second-order valence-electron chi connectivity index (χ2n) is 4.95. The Hall–Kier alpha value is -3.22. The maximum atomic E-state index is 12.8. The van der Waals surface area contributed by atoms with Crippen LogP contribution in [0, 0.1) is 11.3 Å². The second-order valence-corrected chi connectivity index (χ2v) is 4.95. The van der Waals surface area contributed by atoms with Crippen LogP contribution >= 0.6 is 0 Å². The highest BCUT2D eigenvalue weighted by Crippen LogP contribution is 2.39. The van der Waals surface area contributed by atoms with Crippen LogP contribution in [0.5, 0.6) is 0 Å². The molecular weight excluding hydrogens is 368 g/mol. The summed E-state index contributed by atoms with van der Waals surface area (Å²) in [5.41, 5.74) is -4.39. The fraction of sp³-hybridized carbons (Fsp3) is 0.125. The third-order valence-corrected chi connectivity index (χ3v) is 3.13. The average molecular weight is 374 g/mol. The first-order chi connectivity index (χ1) is 11.9.